The Hall–Kier alpha value is -2.65. The van der Waals surface area contributed by atoms with Gasteiger partial charge >= 0.3 is 0 Å². The third-order valence-electron chi connectivity index (χ3n) is 6.53. The molecule has 1 aromatic carbocycles. The molecule has 2 aliphatic rings. The van der Waals surface area contributed by atoms with Gasteiger partial charge in [-0.15, -0.1) is 0 Å². The number of benzene rings is 1. The van der Waals surface area contributed by atoms with Gasteiger partial charge in [-0.3, -0.25) is 4.79 Å². The molecule has 164 valence electrons. The van der Waals surface area contributed by atoms with E-state index in [0.29, 0.717) is 18.2 Å². The maximum atomic E-state index is 14.2. The molecular weight excluding hydrogens is 423 g/mol. The Labute approximate surface area is 184 Å². The second-order valence-corrected chi connectivity index (χ2v) is 8.93. The van der Waals surface area contributed by atoms with Crippen molar-refractivity contribution in [2.45, 2.75) is 25.4 Å². The van der Waals surface area contributed by atoms with E-state index in [1.54, 1.807) is 6.07 Å². The van der Waals surface area contributed by atoms with Crippen LogP contribution in [0.15, 0.2) is 30.5 Å². The summed E-state index contributed by atoms with van der Waals surface area (Å²) in [6.45, 7) is 1.50. The van der Waals surface area contributed by atoms with Crippen molar-refractivity contribution < 1.29 is 14.4 Å². The number of carbonyl (C=O) groups excluding carboxylic acids is 1. The van der Waals surface area contributed by atoms with E-state index in [-0.39, 0.29) is 40.8 Å². The van der Waals surface area contributed by atoms with E-state index >= 15 is 0 Å². The molecule has 0 aliphatic heterocycles. The summed E-state index contributed by atoms with van der Waals surface area (Å²) in [5.74, 6) is -0.726. The molecule has 2 aliphatic carbocycles. The number of aromatic nitrogens is 2. The first-order chi connectivity index (χ1) is 14.9. The summed E-state index contributed by atoms with van der Waals surface area (Å²) in [6, 6.07) is 7.08. The van der Waals surface area contributed by atoms with E-state index in [1.807, 2.05) is 30.4 Å². The second kappa shape index (κ2) is 8.84. The van der Waals surface area contributed by atoms with Crippen LogP contribution in [0.3, 0.4) is 0 Å². The number of fused-ring (bicyclic) bond motifs is 2. The van der Waals surface area contributed by atoms with Crippen LogP contribution in [0, 0.1) is 34.4 Å². The number of nitrogens with one attached hydrogen (secondary N) is 2. The number of carbonyl (C=O) groups is 1. The highest BCUT2D eigenvalue weighted by atomic mass is 35.5. The Kier molecular flexibility index (Phi) is 6.15. The van der Waals surface area contributed by atoms with E-state index in [0.717, 1.165) is 31.1 Å². The van der Waals surface area contributed by atoms with Crippen LogP contribution in [-0.4, -0.2) is 40.4 Å². The Morgan fingerprint density at radius 3 is 2.97 bits per heavy atom. The van der Waals surface area contributed by atoms with E-state index in [1.165, 1.54) is 0 Å². The van der Waals surface area contributed by atoms with Gasteiger partial charge in [-0.25, -0.2) is 9.37 Å². The normalized spacial score (nSPS) is 26.9. The molecule has 1 amide bonds. The average Bonchev–Trinajstić information content (AvgIpc) is 3.28. The van der Waals surface area contributed by atoms with Gasteiger partial charge in [-0.2, -0.15) is 4.98 Å². The fourth-order valence-corrected chi connectivity index (χ4v) is 5.56. The Bertz CT molecular complexity index is 992. The van der Waals surface area contributed by atoms with Crippen molar-refractivity contribution in [1.82, 2.24) is 14.9 Å². The zero-order valence-corrected chi connectivity index (χ0v) is 17.8. The van der Waals surface area contributed by atoms with Crippen LogP contribution in [0.1, 0.15) is 18.4 Å². The van der Waals surface area contributed by atoms with Gasteiger partial charge in [0.1, 0.15) is 0 Å². The van der Waals surface area contributed by atoms with E-state index in [9.17, 15) is 14.1 Å². The molecule has 2 fully saturated rings. The predicted molar refractivity (Wildman–Crippen MR) is 114 cm³/mol. The van der Waals surface area contributed by atoms with Gasteiger partial charge in [0, 0.05) is 41.3 Å². The lowest BCUT2D eigenvalue weighted by Crippen LogP contribution is -2.55. The number of rotatable bonds is 8. The minimum atomic E-state index is -0.615. The van der Waals surface area contributed by atoms with Crippen molar-refractivity contribution in [2.75, 3.05) is 18.9 Å². The molecule has 1 heterocycles. The van der Waals surface area contributed by atoms with Crippen LogP contribution in [-0.2, 0) is 11.3 Å². The molecule has 0 unspecified atom stereocenters. The molecule has 0 saturated heterocycles. The summed E-state index contributed by atoms with van der Waals surface area (Å²) in [7, 11) is 2.03. The lowest BCUT2D eigenvalue weighted by atomic mass is 9.77. The summed E-state index contributed by atoms with van der Waals surface area (Å²) >= 11 is 5.83. The SMILES string of the molecule is CN(Cc1cccc([NH+]=O)c1)C[C@@H]1C[C@@H]2C[C@H]1[C@@H](Nc1nc(Cl)ncc1F)[C@H]2C(N)=O. The molecule has 10 heteroatoms. The molecule has 4 N–H and O–H groups in total. The molecule has 2 aromatic rings. The van der Waals surface area contributed by atoms with E-state index in [4.69, 9.17) is 17.3 Å². The molecule has 4 rings (SSSR count). The van der Waals surface area contributed by atoms with Crippen LogP contribution in [0.2, 0.25) is 5.28 Å². The number of nitrogens with two attached hydrogens (primary N) is 1. The van der Waals surface area contributed by atoms with Gasteiger partial charge in [-0.1, -0.05) is 12.1 Å². The lowest BCUT2D eigenvalue weighted by molar-refractivity contribution is -0.379. The Morgan fingerprint density at radius 2 is 2.23 bits per heavy atom. The number of nitrogens with zero attached hydrogens (tertiary/aromatic N) is 3. The summed E-state index contributed by atoms with van der Waals surface area (Å²) in [5.41, 5.74) is 7.27. The van der Waals surface area contributed by atoms with Gasteiger partial charge in [0.25, 0.3) is 5.69 Å². The van der Waals surface area contributed by atoms with Crippen molar-refractivity contribution in [3.63, 3.8) is 0 Å². The second-order valence-electron chi connectivity index (χ2n) is 8.59. The molecule has 8 nitrogen and oxygen atoms in total. The maximum Gasteiger partial charge on any atom is 0.253 e. The average molecular weight is 448 g/mol. The lowest BCUT2D eigenvalue weighted by Gasteiger charge is -2.36. The number of amides is 1. The van der Waals surface area contributed by atoms with Crippen molar-refractivity contribution in [3.8, 4) is 0 Å². The van der Waals surface area contributed by atoms with Crippen LogP contribution in [0.25, 0.3) is 0 Å². The molecular formula is C21H25ClFN6O2+. The molecule has 0 spiro atoms. The summed E-state index contributed by atoms with van der Waals surface area (Å²) in [5, 5.41) is 4.96. The minimum Gasteiger partial charge on any atom is -0.369 e. The van der Waals surface area contributed by atoms with E-state index in [2.05, 4.69) is 20.2 Å². The van der Waals surface area contributed by atoms with Gasteiger partial charge in [0.15, 0.2) is 11.6 Å². The van der Waals surface area contributed by atoms with Crippen LogP contribution >= 0.6 is 11.6 Å². The minimum absolute atomic E-state index is 0.00201. The van der Waals surface area contributed by atoms with Crippen molar-refractivity contribution in [1.29, 1.82) is 0 Å². The highest BCUT2D eigenvalue weighted by molar-refractivity contribution is 6.28. The predicted octanol–water partition coefficient (Wildman–Crippen LogP) is 1.42. The van der Waals surface area contributed by atoms with Crippen LogP contribution in [0.4, 0.5) is 15.9 Å². The zero-order valence-electron chi connectivity index (χ0n) is 17.1. The third-order valence-corrected chi connectivity index (χ3v) is 6.71. The first kappa shape index (κ1) is 21.6. The van der Waals surface area contributed by atoms with Crippen molar-refractivity contribution in [2.24, 2.45) is 29.4 Å². The number of anilines is 1. The first-order valence-corrected chi connectivity index (χ1v) is 10.6. The number of hydrogen-bond acceptors (Lipinski definition) is 6. The molecule has 31 heavy (non-hydrogen) atoms. The summed E-state index contributed by atoms with van der Waals surface area (Å²) in [6.07, 6.45) is 2.77. The molecule has 5 atom stereocenters. The highest BCUT2D eigenvalue weighted by Gasteiger charge is 2.55. The third kappa shape index (κ3) is 4.52. The molecule has 0 radical (unpaired) electrons. The quantitative estimate of drug-likeness (QED) is 0.527. The largest absolute Gasteiger partial charge is 0.369 e. The van der Waals surface area contributed by atoms with Crippen molar-refractivity contribution >= 4 is 29.0 Å². The number of halogens is 2. The molecule has 1 aromatic heterocycles. The number of hydrogen-bond donors (Lipinski definition) is 3. The van der Waals surface area contributed by atoms with E-state index < -0.39 is 5.82 Å². The number of nitroso groups, excluding NO2 is 1. The highest BCUT2D eigenvalue weighted by Crippen LogP contribution is 2.52. The summed E-state index contributed by atoms with van der Waals surface area (Å²) < 4.78 is 14.2. The molecule has 2 saturated carbocycles. The van der Waals surface area contributed by atoms with Crippen molar-refractivity contribution in [3.05, 3.63) is 52.0 Å². The van der Waals surface area contributed by atoms with Crippen LogP contribution in [0.5, 0.6) is 0 Å². The van der Waals surface area contributed by atoms with Gasteiger partial charge in [0.2, 0.25) is 11.2 Å². The van der Waals surface area contributed by atoms with Gasteiger partial charge in [-0.05, 0) is 54.8 Å². The Balaban J connectivity index is 1.47. The van der Waals surface area contributed by atoms with Gasteiger partial charge < -0.3 is 16.0 Å². The fraction of sp³-hybridized carbons (Fsp3) is 0.476. The number of primary amides is 1. The monoisotopic (exact) mass is 447 g/mol. The molecule has 2 bridgehead atoms. The first-order valence-electron chi connectivity index (χ1n) is 10.2. The smallest absolute Gasteiger partial charge is 0.253 e. The zero-order chi connectivity index (χ0) is 22.1. The topological polar surface area (TPSA) is 115 Å². The fourth-order valence-electron chi connectivity index (χ4n) is 5.42. The summed E-state index contributed by atoms with van der Waals surface area (Å²) in [4.78, 5) is 32.8. The standard InChI is InChI=1S/C21H24ClFN6O2/c1-29(9-11-3-2-4-14(5-11)28-31)10-13-6-12-7-15(13)18(17(12)19(24)30)26-20-16(23)8-25-21(22)27-20/h2-5,8,12-13,15,17-18H,6-7,9-10H2,1H3,(H2,24,30)(H,25,26,27)/p+1/t12-,13+,15-,17+,18-/m1/s1. The maximum absolute atomic E-state index is 14.2. The Morgan fingerprint density at radius 1 is 1.42 bits per heavy atom. The van der Waals surface area contributed by atoms with Gasteiger partial charge in [0.05, 0.1) is 12.1 Å². The van der Waals surface area contributed by atoms with Crippen LogP contribution < -0.4 is 16.2 Å².